The Bertz CT molecular complexity index is 558. The quantitative estimate of drug-likeness (QED) is 0.565. The van der Waals surface area contributed by atoms with Crippen LogP contribution < -0.4 is 5.32 Å². The van der Waals surface area contributed by atoms with Crippen molar-refractivity contribution in [2.45, 2.75) is 73.8 Å². The summed E-state index contributed by atoms with van der Waals surface area (Å²) in [5.74, 6) is -0.00852. The molecule has 0 unspecified atom stereocenters. The third kappa shape index (κ3) is 8.24. The van der Waals surface area contributed by atoms with Crippen molar-refractivity contribution in [2.75, 3.05) is 20.1 Å². The van der Waals surface area contributed by atoms with Crippen LogP contribution in [-0.4, -0.2) is 30.9 Å². The van der Waals surface area contributed by atoms with Gasteiger partial charge in [-0.15, -0.1) is 0 Å². The maximum atomic E-state index is 11.9. The zero-order valence-electron chi connectivity index (χ0n) is 19.5. The number of carbonyl (C=O) groups excluding carboxylic acids is 1. The number of hydrogen-bond acceptors (Lipinski definition) is 2. The first kappa shape index (κ1) is 30.0. The van der Waals surface area contributed by atoms with Crippen LogP contribution in [0.1, 0.15) is 80.4 Å². The normalized spacial score (nSPS) is 15.2. The van der Waals surface area contributed by atoms with Gasteiger partial charge in [0.05, 0.1) is 0 Å². The van der Waals surface area contributed by atoms with Gasteiger partial charge in [0.1, 0.15) is 0 Å². The first-order valence-corrected chi connectivity index (χ1v) is 10.6. The van der Waals surface area contributed by atoms with E-state index in [0.717, 1.165) is 43.6 Å². The van der Waals surface area contributed by atoms with E-state index in [9.17, 15) is 4.79 Å². The number of nitrogens with one attached hydrogen (secondary N) is 1. The van der Waals surface area contributed by atoms with Gasteiger partial charge in [-0.05, 0) is 62.5 Å². The summed E-state index contributed by atoms with van der Waals surface area (Å²) >= 11 is 0. The van der Waals surface area contributed by atoms with Gasteiger partial charge in [0.2, 0.25) is 0 Å². The van der Waals surface area contributed by atoms with Gasteiger partial charge in [0.15, 0.2) is 0 Å². The second-order valence-corrected chi connectivity index (χ2v) is 6.95. The van der Waals surface area contributed by atoms with E-state index >= 15 is 0 Å². The minimum Gasteiger partial charge on any atom is -0.355 e. The molecule has 0 bridgehead atoms. The first-order chi connectivity index (χ1) is 12.9. The van der Waals surface area contributed by atoms with E-state index in [0.29, 0.717) is 5.41 Å². The zero-order valence-corrected chi connectivity index (χ0v) is 22.3. The Hall–Kier alpha value is -0.246. The number of nitrogens with zero attached hydrogens (tertiary/aromatic N) is 1. The molecule has 159 valence electrons. The van der Waals surface area contributed by atoms with Gasteiger partial charge >= 0.3 is 0 Å². The van der Waals surface area contributed by atoms with Gasteiger partial charge in [-0.2, -0.15) is 12.8 Å². The molecule has 0 spiro atoms. The van der Waals surface area contributed by atoms with E-state index in [-0.39, 0.29) is 38.6 Å². The van der Waals surface area contributed by atoms with E-state index in [4.69, 9.17) is 0 Å². The van der Waals surface area contributed by atoms with Crippen molar-refractivity contribution < 1.29 is 37.5 Å². The summed E-state index contributed by atoms with van der Waals surface area (Å²) in [5.41, 5.74) is 4.70. The summed E-state index contributed by atoms with van der Waals surface area (Å²) in [6, 6.07) is 4.19. The van der Waals surface area contributed by atoms with Gasteiger partial charge in [0, 0.05) is 51.9 Å². The Morgan fingerprint density at radius 3 is 1.96 bits per heavy atom. The average Bonchev–Trinajstić information content (AvgIpc) is 2.73. The molecule has 0 saturated carbocycles. The van der Waals surface area contributed by atoms with Crippen molar-refractivity contribution >= 4 is 5.91 Å². The molecular weight excluding hydrogens is 421 g/mol. The summed E-state index contributed by atoms with van der Waals surface area (Å²) in [6.07, 6.45) is 4.36. The number of hydrogen-bond donors (Lipinski definition) is 1. The Morgan fingerprint density at radius 1 is 1.04 bits per heavy atom. The molecule has 0 atom stereocenters. The van der Waals surface area contributed by atoms with Gasteiger partial charge < -0.3 is 19.2 Å². The number of aryl methyl sites for hydroxylation is 2. The fourth-order valence-corrected chi connectivity index (χ4v) is 3.48. The number of rotatable bonds is 5. The maximum Gasteiger partial charge on any atom is 0.251 e. The molecular formula is C24H42N2OY-2. The summed E-state index contributed by atoms with van der Waals surface area (Å²) in [4.78, 5) is 14.4. The summed E-state index contributed by atoms with van der Waals surface area (Å²) in [7, 11) is 1.68. The third-order valence-electron chi connectivity index (χ3n) is 5.53. The van der Waals surface area contributed by atoms with Crippen LogP contribution in [0.5, 0.6) is 0 Å². The molecule has 1 radical (unpaired) electrons. The van der Waals surface area contributed by atoms with Crippen molar-refractivity contribution in [3.63, 3.8) is 0 Å². The molecule has 1 amide bonds. The predicted octanol–water partition coefficient (Wildman–Crippen LogP) is 5.74. The summed E-state index contributed by atoms with van der Waals surface area (Å²) in [5, 5.41) is 2.71. The molecule has 4 heteroatoms. The van der Waals surface area contributed by atoms with Crippen LogP contribution in [0.3, 0.4) is 0 Å². The molecule has 1 aliphatic rings. The first-order valence-electron chi connectivity index (χ1n) is 10.6. The number of benzene rings is 1. The SMILES string of the molecule is CC.CC.[CH2-]CC1(C[CH2-])CCN(Cc2cc(C)c(C(=O)NC)cc2C)CC1.[Y]. The molecule has 1 fully saturated rings. The standard InChI is InChI=1S/C20H30N2O.2C2H6.Y/c1-6-20(7-2)8-10-22(11-9-20)14-17-12-16(4)18(13-15(17)3)19(23)21-5;2*1-2;/h12-13H,1-2,6-11,14H2,3-5H3,(H,21,23);2*1-2H3;/q-2;;;. The van der Waals surface area contributed by atoms with Crippen LogP contribution in [0.4, 0.5) is 0 Å². The number of piperidine rings is 1. The van der Waals surface area contributed by atoms with Crippen LogP contribution in [0.25, 0.3) is 0 Å². The van der Waals surface area contributed by atoms with Gasteiger partial charge in [-0.3, -0.25) is 9.69 Å². The molecule has 1 aromatic rings. The van der Waals surface area contributed by atoms with E-state index in [1.54, 1.807) is 7.05 Å². The molecule has 1 aliphatic heterocycles. The minimum absolute atomic E-state index is 0. The Balaban J connectivity index is 0. The van der Waals surface area contributed by atoms with Crippen LogP contribution in [-0.2, 0) is 39.3 Å². The van der Waals surface area contributed by atoms with Crippen molar-refractivity contribution in [3.05, 3.63) is 48.2 Å². The third-order valence-corrected chi connectivity index (χ3v) is 5.53. The van der Waals surface area contributed by atoms with Crippen LogP contribution in [0.15, 0.2) is 12.1 Å². The van der Waals surface area contributed by atoms with Crippen molar-refractivity contribution in [1.82, 2.24) is 10.2 Å². The second-order valence-electron chi connectivity index (χ2n) is 6.95. The van der Waals surface area contributed by atoms with E-state index in [1.807, 2.05) is 40.7 Å². The van der Waals surface area contributed by atoms with E-state index in [2.05, 4.69) is 37.1 Å². The van der Waals surface area contributed by atoms with Crippen LogP contribution in [0, 0.1) is 33.1 Å². The fourth-order valence-electron chi connectivity index (χ4n) is 3.48. The van der Waals surface area contributed by atoms with E-state index < -0.39 is 0 Å². The Morgan fingerprint density at radius 2 is 1.54 bits per heavy atom. The van der Waals surface area contributed by atoms with Gasteiger partial charge in [0.25, 0.3) is 5.91 Å². The predicted molar refractivity (Wildman–Crippen MR) is 119 cm³/mol. The molecule has 1 N–H and O–H groups in total. The fraction of sp³-hybridized carbons (Fsp3) is 0.625. The van der Waals surface area contributed by atoms with Crippen LogP contribution in [0.2, 0.25) is 0 Å². The molecule has 0 aliphatic carbocycles. The zero-order chi connectivity index (χ0) is 21.0. The Labute approximate surface area is 200 Å². The molecule has 0 aromatic heterocycles. The minimum atomic E-state index is -0.00852. The maximum absolute atomic E-state index is 11.9. The molecule has 3 nitrogen and oxygen atoms in total. The largest absolute Gasteiger partial charge is 0.355 e. The molecule has 1 heterocycles. The van der Waals surface area contributed by atoms with Crippen LogP contribution >= 0.6 is 0 Å². The molecule has 2 rings (SSSR count). The smallest absolute Gasteiger partial charge is 0.251 e. The molecule has 1 aromatic carbocycles. The molecule has 1 saturated heterocycles. The number of amides is 1. The average molecular weight is 464 g/mol. The topological polar surface area (TPSA) is 32.3 Å². The second kappa shape index (κ2) is 15.6. The number of carbonyl (C=O) groups is 1. The van der Waals surface area contributed by atoms with Crippen molar-refractivity contribution in [2.24, 2.45) is 5.41 Å². The van der Waals surface area contributed by atoms with Crippen molar-refractivity contribution in [3.8, 4) is 0 Å². The monoisotopic (exact) mass is 463 g/mol. The van der Waals surface area contributed by atoms with E-state index in [1.165, 1.54) is 24.0 Å². The van der Waals surface area contributed by atoms with Crippen molar-refractivity contribution in [1.29, 1.82) is 0 Å². The molecule has 28 heavy (non-hydrogen) atoms. The number of likely N-dealkylation sites (tertiary alicyclic amines) is 1. The Kier molecular flexibility index (Phi) is 16.7. The van der Waals surface area contributed by atoms with Gasteiger partial charge in [-0.1, -0.05) is 39.2 Å². The summed E-state index contributed by atoms with van der Waals surface area (Å²) in [6.45, 7) is 23.5. The van der Waals surface area contributed by atoms with Gasteiger partial charge in [-0.25, -0.2) is 0 Å². The summed E-state index contributed by atoms with van der Waals surface area (Å²) < 4.78 is 0.